The van der Waals surface area contributed by atoms with Crippen LogP contribution in [0.5, 0.6) is 0 Å². The largest absolute Gasteiger partial charge is 0.345 e. The van der Waals surface area contributed by atoms with Crippen molar-refractivity contribution in [2.45, 2.75) is 57.1 Å². The number of anilines is 1. The zero-order chi connectivity index (χ0) is 19.7. The minimum atomic E-state index is -0.620. The first-order chi connectivity index (χ1) is 13.5. The summed E-state index contributed by atoms with van der Waals surface area (Å²) in [5.74, 6) is 1.45. The maximum Gasteiger partial charge on any atom is 0.314 e. The van der Waals surface area contributed by atoms with E-state index in [2.05, 4.69) is 22.7 Å². The van der Waals surface area contributed by atoms with Gasteiger partial charge in [-0.15, -0.1) is 0 Å². The third-order valence-electron chi connectivity index (χ3n) is 5.70. The maximum atomic E-state index is 12.7. The number of hydrogen-bond donors (Lipinski definition) is 2. The highest BCUT2D eigenvalue weighted by Crippen LogP contribution is 2.36. The molecule has 28 heavy (non-hydrogen) atoms. The van der Waals surface area contributed by atoms with Gasteiger partial charge in [0, 0.05) is 23.1 Å². The second-order valence-corrected chi connectivity index (χ2v) is 8.80. The van der Waals surface area contributed by atoms with Gasteiger partial charge in [-0.2, -0.15) is 16.9 Å². The van der Waals surface area contributed by atoms with Crippen molar-refractivity contribution in [3.8, 4) is 5.69 Å². The molecule has 2 aliphatic rings. The SMILES string of the molecule is Cc1ccc(-n2nc3c(c2NC(=O)C(=O)N[C@H]2CCCC[C@@H]2C)CSC3)cc1. The van der Waals surface area contributed by atoms with Crippen molar-refractivity contribution in [3.05, 3.63) is 41.1 Å². The summed E-state index contributed by atoms with van der Waals surface area (Å²) in [7, 11) is 0. The van der Waals surface area contributed by atoms with E-state index in [0.29, 0.717) is 11.7 Å². The third-order valence-corrected chi connectivity index (χ3v) is 6.67. The number of nitrogens with one attached hydrogen (secondary N) is 2. The molecule has 0 radical (unpaired) electrons. The highest BCUT2D eigenvalue weighted by Gasteiger charge is 2.29. The van der Waals surface area contributed by atoms with Gasteiger partial charge >= 0.3 is 11.8 Å². The lowest BCUT2D eigenvalue weighted by molar-refractivity contribution is -0.137. The molecule has 1 fully saturated rings. The van der Waals surface area contributed by atoms with E-state index < -0.39 is 11.8 Å². The fourth-order valence-corrected chi connectivity index (χ4v) is 4.98. The molecule has 2 amide bonds. The first-order valence-corrected chi connectivity index (χ1v) is 11.1. The van der Waals surface area contributed by atoms with Crippen molar-refractivity contribution in [3.63, 3.8) is 0 Å². The van der Waals surface area contributed by atoms with Crippen molar-refractivity contribution in [2.24, 2.45) is 5.92 Å². The fourth-order valence-electron chi connectivity index (χ4n) is 3.94. The number of carbonyl (C=O) groups excluding carboxylic acids is 2. The van der Waals surface area contributed by atoms with Crippen LogP contribution >= 0.6 is 11.8 Å². The summed E-state index contributed by atoms with van der Waals surface area (Å²) in [5, 5.41) is 10.5. The van der Waals surface area contributed by atoms with Gasteiger partial charge in [0.05, 0.1) is 11.4 Å². The minimum Gasteiger partial charge on any atom is -0.345 e. The van der Waals surface area contributed by atoms with Crippen LogP contribution in [0.15, 0.2) is 24.3 Å². The first-order valence-electron chi connectivity index (χ1n) is 9.90. The third kappa shape index (κ3) is 3.81. The van der Waals surface area contributed by atoms with Gasteiger partial charge < -0.3 is 10.6 Å². The standard InChI is InChI=1S/C21H26N4O2S/c1-13-7-9-15(10-8-13)25-19(16-11-28-12-18(16)24-25)23-21(27)20(26)22-17-6-4-3-5-14(17)2/h7-10,14,17H,3-6,11-12H2,1-2H3,(H,22,26)(H,23,27)/t14-,17-/m0/s1. The Kier molecular flexibility index (Phi) is 5.44. The Balaban J connectivity index is 1.54. The smallest absolute Gasteiger partial charge is 0.314 e. The number of benzene rings is 1. The molecule has 4 rings (SSSR count). The molecule has 0 unspecified atom stereocenters. The Labute approximate surface area is 169 Å². The number of amides is 2. The van der Waals surface area contributed by atoms with Gasteiger partial charge in [-0.25, -0.2) is 4.68 Å². The van der Waals surface area contributed by atoms with Crippen molar-refractivity contribution in [1.29, 1.82) is 0 Å². The molecule has 0 spiro atoms. The van der Waals surface area contributed by atoms with E-state index in [-0.39, 0.29) is 6.04 Å². The average Bonchev–Trinajstić information content (AvgIpc) is 3.27. The highest BCUT2D eigenvalue weighted by molar-refractivity contribution is 7.98. The molecular weight excluding hydrogens is 372 g/mol. The van der Waals surface area contributed by atoms with E-state index in [1.54, 1.807) is 16.4 Å². The number of aryl methyl sites for hydroxylation is 1. The summed E-state index contributed by atoms with van der Waals surface area (Å²) in [6, 6.07) is 8.06. The van der Waals surface area contributed by atoms with Gasteiger partial charge in [0.2, 0.25) is 0 Å². The Hall–Kier alpha value is -2.28. The number of rotatable bonds is 3. The molecular formula is C21H26N4O2S. The lowest BCUT2D eigenvalue weighted by Gasteiger charge is -2.29. The second kappa shape index (κ2) is 7.99. The van der Waals surface area contributed by atoms with Crippen LogP contribution in [-0.2, 0) is 21.1 Å². The number of hydrogen-bond acceptors (Lipinski definition) is 4. The predicted octanol–water partition coefficient (Wildman–Crippen LogP) is 3.56. The van der Waals surface area contributed by atoms with Gasteiger partial charge in [0.25, 0.3) is 0 Å². The molecule has 7 heteroatoms. The quantitative estimate of drug-likeness (QED) is 0.775. The van der Waals surface area contributed by atoms with Crippen LogP contribution in [0.25, 0.3) is 5.69 Å². The number of carbonyl (C=O) groups is 2. The van der Waals surface area contributed by atoms with Gasteiger partial charge in [0.15, 0.2) is 0 Å². The van der Waals surface area contributed by atoms with Crippen molar-refractivity contribution in [2.75, 3.05) is 5.32 Å². The Bertz CT molecular complexity index is 891. The van der Waals surface area contributed by atoms with Crippen LogP contribution in [0.2, 0.25) is 0 Å². The molecule has 2 heterocycles. The lowest BCUT2D eigenvalue weighted by Crippen LogP contribution is -2.46. The Morgan fingerprint density at radius 3 is 2.61 bits per heavy atom. The lowest BCUT2D eigenvalue weighted by atomic mass is 9.86. The molecule has 1 aliphatic heterocycles. The highest BCUT2D eigenvalue weighted by atomic mass is 32.2. The van der Waals surface area contributed by atoms with Gasteiger partial charge in [-0.3, -0.25) is 9.59 Å². The number of aromatic nitrogens is 2. The summed E-state index contributed by atoms with van der Waals surface area (Å²) < 4.78 is 1.75. The first kappa shape index (κ1) is 19.1. The van der Waals surface area contributed by atoms with Crippen LogP contribution in [0.3, 0.4) is 0 Å². The van der Waals surface area contributed by atoms with E-state index in [1.807, 2.05) is 31.2 Å². The number of fused-ring (bicyclic) bond motifs is 1. The van der Waals surface area contributed by atoms with Gasteiger partial charge in [-0.05, 0) is 37.8 Å². The number of thioether (sulfide) groups is 1. The van der Waals surface area contributed by atoms with Gasteiger partial charge in [-0.1, -0.05) is 37.5 Å². The second-order valence-electron chi connectivity index (χ2n) is 7.81. The zero-order valence-corrected chi connectivity index (χ0v) is 17.1. The normalized spacial score (nSPS) is 21.2. The molecule has 1 aromatic heterocycles. The summed E-state index contributed by atoms with van der Waals surface area (Å²) in [6.45, 7) is 4.17. The molecule has 0 bridgehead atoms. The summed E-state index contributed by atoms with van der Waals surface area (Å²) >= 11 is 1.77. The van der Waals surface area contributed by atoms with Crippen LogP contribution < -0.4 is 10.6 Å². The van der Waals surface area contributed by atoms with Crippen molar-refractivity contribution in [1.82, 2.24) is 15.1 Å². The molecule has 2 N–H and O–H groups in total. The van der Waals surface area contributed by atoms with Crippen molar-refractivity contribution < 1.29 is 9.59 Å². The summed E-state index contributed by atoms with van der Waals surface area (Å²) in [6.07, 6.45) is 4.33. The molecule has 0 saturated heterocycles. The molecule has 1 aromatic carbocycles. The van der Waals surface area contributed by atoms with Crippen molar-refractivity contribution >= 4 is 29.4 Å². The van der Waals surface area contributed by atoms with E-state index >= 15 is 0 Å². The summed E-state index contributed by atoms with van der Waals surface area (Å²) in [5.41, 5.74) is 4.02. The van der Waals surface area contributed by atoms with Crippen LogP contribution in [0, 0.1) is 12.8 Å². The molecule has 2 atom stereocenters. The van der Waals surface area contributed by atoms with Crippen LogP contribution in [-0.4, -0.2) is 27.6 Å². The fraction of sp³-hybridized carbons (Fsp3) is 0.476. The average molecular weight is 399 g/mol. The zero-order valence-electron chi connectivity index (χ0n) is 16.3. The summed E-state index contributed by atoms with van der Waals surface area (Å²) in [4.78, 5) is 25.2. The molecule has 2 aromatic rings. The van der Waals surface area contributed by atoms with E-state index in [0.717, 1.165) is 53.3 Å². The monoisotopic (exact) mass is 398 g/mol. The maximum absolute atomic E-state index is 12.7. The predicted molar refractivity (Wildman–Crippen MR) is 111 cm³/mol. The Morgan fingerprint density at radius 2 is 1.86 bits per heavy atom. The molecule has 1 saturated carbocycles. The topological polar surface area (TPSA) is 76.0 Å². The number of nitrogens with zero attached hydrogens (tertiary/aromatic N) is 2. The Morgan fingerprint density at radius 1 is 1.11 bits per heavy atom. The van der Waals surface area contributed by atoms with E-state index in [9.17, 15) is 9.59 Å². The molecule has 6 nitrogen and oxygen atoms in total. The molecule has 1 aliphatic carbocycles. The van der Waals surface area contributed by atoms with E-state index in [1.165, 1.54) is 6.42 Å². The minimum absolute atomic E-state index is 0.0790. The van der Waals surface area contributed by atoms with Crippen LogP contribution in [0.1, 0.15) is 49.4 Å². The van der Waals surface area contributed by atoms with Crippen LogP contribution in [0.4, 0.5) is 5.82 Å². The van der Waals surface area contributed by atoms with E-state index in [4.69, 9.17) is 0 Å². The van der Waals surface area contributed by atoms with Gasteiger partial charge in [0.1, 0.15) is 5.82 Å². The molecule has 148 valence electrons.